The Balaban J connectivity index is 1.35. The van der Waals surface area contributed by atoms with E-state index in [0.29, 0.717) is 19.6 Å². The molecule has 2 heterocycles. The first-order chi connectivity index (χ1) is 17.1. The molecule has 1 saturated carbocycles. The van der Waals surface area contributed by atoms with Gasteiger partial charge in [0.15, 0.2) is 0 Å². The summed E-state index contributed by atoms with van der Waals surface area (Å²) in [6, 6.07) is 7.67. The summed E-state index contributed by atoms with van der Waals surface area (Å²) in [5, 5.41) is 0. The number of ether oxygens (including phenoxy) is 5. The maximum atomic E-state index is 12.7. The van der Waals surface area contributed by atoms with Gasteiger partial charge >= 0.3 is 5.97 Å². The SMILES string of the molecule is COC1C(OC(=O)/C=C/c2ccc(OCCN(C)C)cc2)CC[C@]2(CO2)C1[C@]1(C)CC(C=C(C)C)O1. The third-order valence-corrected chi connectivity index (χ3v) is 7.47. The number of benzene rings is 1. The highest BCUT2D eigenvalue weighted by atomic mass is 16.6. The number of allylic oxidation sites excluding steroid dienone is 1. The van der Waals surface area contributed by atoms with Gasteiger partial charge in [0, 0.05) is 32.1 Å². The fourth-order valence-electron chi connectivity index (χ4n) is 5.73. The fraction of sp³-hybridized carbons (Fsp3) is 0.621. The van der Waals surface area contributed by atoms with Crippen LogP contribution in [-0.2, 0) is 23.7 Å². The van der Waals surface area contributed by atoms with Crippen molar-refractivity contribution in [1.82, 2.24) is 4.90 Å². The van der Waals surface area contributed by atoms with E-state index >= 15 is 0 Å². The van der Waals surface area contributed by atoms with Crippen LogP contribution in [-0.4, -0.2) is 81.3 Å². The molecule has 198 valence electrons. The molecule has 2 saturated heterocycles. The molecule has 4 rings (SSSR count). The van der Waals surface area contributed by atoms with Gasteiger partial charge in [-0.15, -0.1) is 0 Å². The van der Waals surface area contributed by atoms with Crippen LogP contribution in [0.15, 0.2) is 42.0 Å². The molecule has 2 aliphatic heterocycles. The third kappa shape index (κ3) is 6.20. The highest BCUT2D eigenvalue weighted by Gasteiger charge is 2.67. The molecule has 0 radical (unpaired) electrons. The second kappa shape index (κ2) is 11.1. The lowest BCUT2D eigenvalue weighted by Crippen LogP contribution is -2.65. The number of likely N-dealkylation sites (N-methyl/N-ethyl adjacent to an activating group) is 1. The number of esters is 1. The molecule has 1 spiro atoms. The summed E-state index contributed by atoms with van der Waals surface area (Å²) in [5.41, 5.74) is 1.55. The zero-order chi connectivity index (χ0) is 25.9. The number of rotatable bonds is 10. The highest BCUT2D eigenvalue weighted by molar-refractivity contribution is 5.87. The van der Waals surface area contributed by atoms with Gasteiger partial charge in [-0.2, -0.15) is 0 Å². The van der Waals surface area contributed by atoms with E-state index < -0.39 is 0 Å². The van der Waals surface area contributed by atoms with Crippen molar-refractivity contribution in [2.45, 2.75) is 69.5 Å². The normalized spacial score (nSPS) is 33.4. The van der Waals surface area contributed by atoms with Crippen molar-refractivity contribution in [2.24, 2.45) is 5.92 Å². The Morgan fingerprint density at radius 2 is 1.92 bits per heavy atom. The molecule has 6 atom stereocenters. The monoisotopic (exact) mass is 499 g/mol. The van der Waals surface area contributed by atoms with E-state index in [9.17, 15) is 4.79 Å². The minimum Gasteiger partial charge on any atom is -0.492 e. The fourth-order valence-corrected chi connectivity index (χ4v) is 5.73. The van der Waals surface area contributed by atoms with Gasteiger partial charge in [0.25, 0.3) is 0 Å². The van der Waals surface area contributed by atoms with Crippen LogP contribution in [0.25, 0.3) is 6.08 Å². The van der Waals surface area contributed by atoms with Gasteiger partial charge < -0.3 is 28.6 Å². The Kier molecular flexibility index (Phi) is 8.25. The van der Waals surface area contributed by atoms with Crippen molar-refractivity contribution >= 4 is 12.0 Å². The van der Waals surface area contributed by atoms with Gasteiger partial charge in [-0.1, -0.05) is 23.8 Å². The Hall–Kier alpha value is -2.19. The van der Waals surface area contributed by atoms with E-state index in [2.05, 4.69) is 31.7 Å². The molecule has 7 heteroatoms. The van der Waals surface area contributed by atoms with Crippen molar-refractivity contribution in [2.75, 3.05) is 41.0 Å². The molecule has 0 bridgehead atoms. The van der Waals surface area contributed by atoms with Crippen molar-refractivity contribution in [1.29, 1.82) is 0 Å². The molecular weight excluding hydrogens is 458 g/mol. The minimum absolute atomic E-state index is 0.00684. The molecule has 1 aromatic rings. The summed E-state index contributed by atoms with van der Waals surface area (Å²) in [4.78, 5) is 14.8. The Morgan fingerprint density at radius 3 is 2.50 bits per heavy atom. The van der Waals surface area contributed by atoms with Crippen molar-refractivity contribution < 1.29 is 28.5 Å². The summed E-state index contributed by atoms with van der Waals surface area (Å²) in [6.45, 7) is 8.50. The summed E-state index contributed by atoms with van der Waals surface area (Å²) >= 11 is 0. The molecule has 36 heavy (non-hydrogen) atoms. The molecular formula is C29H41NO6. The zero-order valence-corrected chi connectivity index (χ0v) is 22.5. The lowest BCUT2D eigenvalue weighted by Gasteiger charge is -2.55. The standard InChI is InChI=1S/C29H41NO6/c1-20(2)17-23-18-28(3,36-23)27-26(32-6)24(13-14-29(27)19-34-29)35-25(31)12-9-21-7-10-22(11-8-21)33-16-15-30(4)5/h7-12,17,23-24,26-27H,13-16,18-19H2,1-6H3/b12-9+/t23?,24?,26?,27?,28-,29-/m0/s1. The van der Waals surface area contributed by atoms with Crippen LogP contribution >= 0.6 is 0 Å². The number of carbonyl (C=O) groups excluding carboxylic acids is 1. The van der Waals surface area contributed by atoms with E-state index in [1.165, 1.54) is 11.6 Å². The van der Waals surface area contributed by atoms with Crippen LogP contribution in [0.4, 0.5) is 0 Å². The summed E-state index contributed by atoms with van der Waals surface area (Å²) in [6.07, 6.45) is 7.34. The quantitative estimate of drug-likeness (QED) is 0.206. The molecule has 3 fully saturated rings. The largest absolute Gasteiger partial charge is 0.492 e. The predicted molar refractivity (Wildman–Crippen MR) is 139 cm³/mol. The molecule has 7 nitrogen and oxygen atoms in total. The van der Waals surface area contributed by atoms with E-state index in [1.807, 2.05) is 38.4 Å². The smallest absolute Gasteiger partial charge is 0.331 e. The zero-order valence-electron chi connectivity index (χ0n) is 22.5. The van der Waals surface area contributed by atoms with Gasteiger partial charge in [-0.05, 0) is 71.5 Å². The Morgan fingerprint density at radius 1 is 1.22 bits per heavy atom. The first-order valence-corrected chi connectivity index (χ1v) is 12.9. The predicted octanol–water partition coefficient (Wildman–Crippen LogP) is 4.26. The first-order valence-electron chi connectivity index (χ1n) is 12.9. The van der Waals surface area contributed by atoms with Crippen LogP contribution < -0.4 is 4.74 Å². The van der Waals surface area contributed by atoms with E-state index in [-0.39, 0.29) is 41.4 Å². The van der Waals surface area contributed by atoms with Crippen molar-refractivity contribution in [3.05, 3.63) is 47.6 Å². The number of nitrogens with zero attached hydrogens (tertiary/aromatic N) is 1. The minimum atomic E-state index is -0.373. The maximum Gasteiger partial charge on any atom is 0.331 e. The van der Waals surface area contributed by atoms with Gasteiger partial charge in [0.05, 0.1) is 23.9 Å². The van der Waals surface area contributed by atoms with Crippen molar-refractivity contribution in [3.63, 3.8) is 0 Å². The van der Waals surface area contributed by atoms with E-state index in [1.54, 1.807) is 13.2 Å². The summed E-state index contributed by atoms with van der Waals surface area (Å²) in [5.74, 6) is 0.441. The van der Waals surface area contributed by atoms with E-state index in [0.717, 1.165) is 30.7 Å². The first kappa shape index (κ1) is 26.9. The van der Waals surface area contributed by atoms with Crippen LogP contribution in [0.1, 0.15) is 45.6 Å². The number of methoxy groups -OCH3 is 1. The van der Waals surface area contributed by atoms with Crippen LogP contribution in [0.3, 0.4) is 0 Å². The van der Waals surface area contributed by atoms with Crippen molar-refractivity contribution in [3.8, 4) is 5.75 Å². The van der Waals surface area contributed by atoms with Gasteiger partial charge in [-0.3, -0.25) is 0 Å². The topological polar surface area (TPSA) is 69.8 Å². The molecule has 4 unspecified atom stereocenters. The highest BCUT2D eigenvalue weighted by Crippen LogP contribution is 2.57. The van der Waals surface area contributed by atoms with Gasteiger partial charge in [0.1, 0.15) is 24.6 Å². The summed E-state index contributed by atoms with van der Waals surface area (Å²) in [7, 11) is 5.71. The molecule has 1 aromatic carbocycles. The van der Waals surface area contributed by atoms with Crippen LogP contribution in [0, 0.1) is 5.92 Å². The number of hydrogen-bond donors (Lipinski definition) is 0. The second-order valence-electron chi connectivity index (χ2n) is 11.0. The lowest BCUT2D eigenvalue weighted by molar-refractivity contribution is -0.257. The lowest BCUT2D eigenvalue weighted by atomic mass is 9.64. The second-order valence-corrected chi connectivity index (χ2v) is 11.0. The molecule has 0 N–H and O–H groups in total. The van der Waals surface area contributed by atoms with Crippen LogP contribution in [0.2, 0.25) is 0 Å². The third-order valence-electron chi connectivity index (χ3n) is 7.47. The van der Waals surface area contributed by atoms with Gasteiger partial charge in [0.2, 0.25) is 0 Å². The Labute approximate surface area is 215 Å². The Bertz CT molecular complexity index is 954. The number of epoxide rings is 1. The summed E-state index contributed by atoms with van der Waals surface area (Å²) < 4.78 is 30.0. The molecule has 0 amide bonds. The molecule has 0 aromatic heterocycles. The molecule has 3 aliphatic rings. The van der Waals surface area contributed by atoms with Gasteiger partial charge in [-0.25, -0.2) is 4.79 Å². The average molecular weight is 500 g/mol. The van der Waals surface area contributed by atoms with Crippen LogP contribution in [0.5, 0.6) is 5.75 Å². The maximum absolute atomic E-state index is 12.7. The average Bonchev–Trinajstić information content (AvgIpc) is 3.57. The number of carbonyl (C=O) groups is 1. The van der Waals surface area contributed by atoms with E-state index in [4.69, 9.17) is 23.7 Å². The number of hydrogen-bond acceptors (Lipinski definition) is 7. The molecule has 1 aliphatic carbocycles.